The fraction of sp³-hybridized carbons (Fsp3) is 0.333. The highest BCUT2D eigenvalue weighted by molar-refractivity contribution is 6.49. The first kappa shape index (κ1) is 11.2. The molecule has 1 aromatic rings. The van der Waals surface area contributed by atoms with Crippen LogP contribution in [0.4, 0.5) is 0 Å². The highest BCUT2D eigenvalue weighted by Crippen LogP contribution is 2.31. The number of hydrogen-bond acceptors (Lipinski definition) is 3. The van der Waals surface area contributed by atoms with Gasteiger partial charge in [0.15, 0.2) is 0 Å². The average Bonchev–Trinajstić information content (AvgIpc) is 2.32. The summed E-state index contributed by atoms with van der Waals surface area (Å²) in [5.41, 5.74) is 1.05. The summed E-state index contributed by atoms with van der Waals surface area (Å²) in [7, 11) is 0.838. The zero-order chi connectivity index (χ0) is 11.5. The minimum absolute atomic E-state index is 0.0918. The van der Waals surface area contributed by atoms with Gasteiger partial charge in [-0.25, -0.2) is 0 Å². The molecule has 0 bridgehead atoms. The summed E-state index contributed by atoms with van der Waals surface area (Å²) in [6.45, 7) is 2.07. The Morgan fingerprint density at radius 3 is 2.62 bits per heavy atom. The summed E-state index contributed by atoms with van der Waals surface area (Å²) < 4.78 is 10.6. The van der Waals surface area contributed by atoms with Gasteiger partial charge in [0.25, 0.3) is 0 Å². The monoisotopic (exact) mass is 218 g/mol. The Hall–Kier alpha value is -1.26. The number of ether oxygens (including phenoxy) is 1. The normalized spacial score (nSPS) is 24.6. The zero-order valence-corrected chi connectivity index (χ0v) is 9.46. The van der Waals surface area contributed by atoms with Gasteiger partial charge >= 0.3 is 7.12 Å². The van der Waals surface area contributed by atoms with Gasteiger partial charge in [-0.2, -0.15) is 0 Å². The summed E-state index contributed by atoms with van der Waals surface area (Å²) >= 11 is 0. The van der Waals surface area contributed by atoms with Gasteiger partial charge in [0.05, 0.1) is 13.2 Å². The number of hydrogen-bond donors (Lipinski definition) is 1. The maximum atomic E-state index is 9.43. The van der Waals surface area contributed by atoms with E-state index < -0.39 is 7.12 Å². The molecular formula is C12H15BO3. The third-order valence-corrected chi connectivity index (χ3v) is 2.79. The second-order valence-corrected chi connectivity index (χ2v) is 3.96. The van der Waals surface area contributed by atoms with Crippen LogP contribution in [0.3, 0.4) is 0 Å². The van der Waals surface area contributed by atoms with Crippen LogP contribution in [0.1, 0.15) is 18.6 Å². The molecule has 0 saturated heterocycles. The molecule has 0 amide bonds. The lowest BCUT2D eigenvalue weighted by molar-refractivity contribution is 0.133. The first-order valence-corrected chi connectivity index (χ1v) is 5.36. The van der Waals surface area contributed by atoms with Crippen LogP contribution in [0, 0.1) is 5.92 Å². The van der Waals surface area contributed by atoms with Gasteiger partial charge in [0.2, 0.25) is 0 Å². The van der Waals surface area contributed by atoms with E-state index in [9.17, 15) is 5.02 Å². The summed E-state index contributed by atoms with van der Waals surface area (Å²) in [5, 5.41) is 9.43. The molecular weight excluding hydrogens is 203 g/mol. The smallest absolute Gasteiger partial charge is 0.483 e. The van der Waals surface area contributed by atoms with Crippen molar-refractivity contribution in [2.45, 2.75) is 13.0 Å². The van der Waals surface area contributed by atoms with E-state index in [1.807, 2.05) is 30.3 Å². The van der Waals surface area contributed by atoms with Crippen molar-refractivity contribution in [2.24, 2.45) is 5.92 Å². The van der Waals surface area contributed by atoms with Crippen molar-refractivity contribution in [1.29, 1.82) is 0 Å². The highest BCUT2D eigenvalue weighted by Gasteiger charge is 2.27. The van der Waals surface area contributed by atoms with Crippen molar-refractivity contribution in [1.82, 2.24) is 0 Å². The minimum Gasteiger partial charge on any atom is -0.497 e. The summed E-state index contributed by atoms with van der Waals surface area (Å²) in [6, 6.07) is 7.73. The Kier molecular flexibility index (Phi) is 3.32. The largest absolute Gasteiger partial charge is 0.497 e. The van der Waals surface area contributed by atoms with Crippen LogP contribution in [-0.4, -0.2) is 19.3 Å². The third kappa shape index (κ3) is 2.28. The topological polar surface area (TPSA) is 38.7 Å². The van der Waals surface area contributed by atoms with E-state index in [1.54, 1.807) is 13.1 Å². The second-order valence-electron chi connectivity index (χ2n) is 3.96. The predicted octanol–water partition coefficient (Wildman–Crippen LogP) is 1.98. The third-order valence-electron chi connectivity index (χ3n) is 2.79. The van der Waals surface area contributed by atoms with E-state index in [4.69, 9.17) is 9.39 Å². The Balaban J connectivity index is 2.19. The molecule has 0 aromatic heterocycles. The molecule has 2 atom stereocenters. The molecule has 1 aliphatic heterocycles. The van der Waals surface area contributed by atoms with E-state index in [0.717, 1.165) is 11.3 Å². The van der Waals surface area contributed by atoms with Gasteiger partial charge in [-0.05, 0) is 17.7 Å². The van der Waals surface area contributed by atoms with Crippen molar-refractivity contribution in [3.05, 3.63) is 41.9 Å². The molecule has 0 saturated carbocycles. The Bertz CT molecular complexity index is 374. The van der Waals surface area contributed by atoms with Gasteiger partial charge < -0.3 is 14.4 Å². The maximum absolute atomic E-state index is 9.43. The lowest BCUT2D eigenvalue weighted by Gasteiger charge is -2.27. The Morgan fingerprint density at radius 1 is 1.31 bits per heavy atom. The van der Waals surface area contributed by atoms with Crippen LogP contribution in [0.5, 0.6) is 5.75 Å². The molecule has 1 N–H and O–H groups in total. The molecule has 0 unspecified atom stereocenters. The van der Waals surface area contributed by atoms with Crippen LogP contribution in [0.2, 0.25) is 0 Å². The number of rotatable bonds is 2. The molecule has 0 spiro atoms. The van der Waals surface area contributed by atoms with Gasteiger partial charge in [-0.3, -0.25) is 0 Å². The number of methoxy groups -OCH3 is 1. The Labute approximate surface area is 95.8 Å². The average molecular weight is 218 g/mol. The van der Waals surface area contributed by atoms with Crippen molar-refractivity contribution < 1.29 is 14.4 Å². The fourth-order valence-corrected chi connectivity index (χ4v) is 1.87. The quantitative estimate of drug-likeness (QED) is 0.771. The molecule has 1 aliphatic rings. The van der Waals surface area contributed by atoms with Crippen LogP contribution in [0.15, 0.2) is 36.3 Å². The molecule has 0 radical (unpaired) electrons. The van der Waals surface area contributed by atoms with Gasteiger partial charge in [0, 0.05) is 5.92 Å². The molecule has 4 heteroatoms. The molecule has 0 fully saturated rings. The fourth-order valence-electron chi connectivity index (χ4n) is 1.87. The molecule has 3 nitrogen and oxygen atoms in total. The minimum atomic E-state index is -0.802. The van der Waals surface area contributed by atoms with E-state index >= 15 is 0 Å². The van der Waals surface area contributed by atoms with Gasteiger partial charge in [0.1, 0.15) is 5.75 Å². The SMILES string of the molecule is COc1ccc([C@@H]2OB(O)C=C[C@H]2C)cc1. The first-order chi connectivity index (χ1) is 7.70. The van der Waals surface area contributed by atoms with E-state index in [1.165, 1.54) is 0 Å². The first-order valence-electron chi connectivity index (χ1n) is 5.36. The van der Waals surface area contributed by atoms with E-state index in [2.05, 4.69) is 6.92 Å². The highest BCUT2D eigenvalue weighted by atomic mass is 16.5. The van der Waals surface area contributed by atoms with Crippen LogP contribution < -0.4 is 4.74 Å². The molecule has 0 aliphatic carbocycles. The molecule has 2 rings (SSSR count). The molecule has 84 valence electrons. The Morgan fingerprint density at radius 2 is 2.00 bits per heavy atom. The van der Waals surface area contributed by atoms with Gasteiger partial charge in [-0.1, -0.05) is 31.1 Å². The lowest BCUT2D eigenvalue weighted by atomic mass is 9.81. The van der Waals surface area contributed by atoms with E-state index in [-0.39, 0.29) is 12.0 Å². The van der Waals surface area contributed by atoms with Crippen molar-refractivity contribution in [3.8, 4) is 5.75 Å². The van der Waals surface area contributed by atoms with Crippen molar-refractivity contribution in [2.75, 3.05) is 7.11 Å². The summed E-state index contributed by atoms with van der Waals surface area (Å²) in [6.07, 6.45) is 1.88. The maximum Gasteiger partial charge on any atom is 0.483 e. The number of benzene rings is 1. The zero-order valence-electron chi connectivity index (χ0n) is 9.46. The van der Waals surface area contributed by atoms with Crippen LogP contribution in [-0.2, 0) is 4.65 Å². The van der Waals surface area contributed by atoms with Gasteiger partial charge in [-0.15, -0.1) is 0 Å². The molecule has 1 heterocycles. The summed E-state index contributed by atoms with van der Waals surface area (Å²) in [4.78, 5) is 0. The van der Waals surface area contributed by atoms with Crippen molar-refractivity contribution >= 4 is 7.12 Å². The van der Waals surface area contributed by atoms with Crippen LogP contribution >= 0.6 is 0 Å². The van der Waals surface area contributed by atoms with Crippen molar-refractivity contribution in [3.63, 3.8) is 0 Å². The molecule has 1 aromatic carbocycles. The molecule has 16 heavy (non-hydrogen) atoms. The van der Waals surface area contributed by atoms with Crippen LogP contribution in [0.25, 0.3) is 0 Å². The van der Waals surface area contributed by atoms with E-state index in [0.29, 0.717) is 0 Å². The standard InChI is InChI=1S/C12H15BO3/c1-9-7-8-13(14)16-12(9)10-3-5-11(15-2)6-4-10/h3-9,12,14H,1-2H3/t9-,12-/m1/s1. The second kappa shape index (κ2) is 4.72. The summed E-state index contributed by atoms with van der Waals surface area (Å²) in [5.74, 6) is 2.75. The predicted molar refractivity (Wildman–Crippen MR) is 63.1 cm³/mol. The lowest BCUT2D eigenvalue weighted by Crippen LogP contribution is -2.27.